The Hall–Kier alpha value is -3.57. The van der Waals surface area contributed by atoms with Crippen LogP contribution in [-0.2, 0) is 23.3 Å². The molecule has 8 nitrogen and oxygen atoms in total. The number of H-pyrrole nitrogens is 1. The van der Waals surface area contributed by atoms with Crippen LogP contribution in [0.15, 0.2) is 58.1 Å². The molecule has 1 aliphatic rings. The second kappa shape index (κ2) is 8.90. The molecule has 0 fully saturated rings. The van der Waals surface area contributed by atoms with Crippen LogP contribution in [0.5, 0.6) is 0 Å². The van der Waals surface area contributed by atoms with Gasteiger partial charge in [-0.15, -0.1) is 0 Å². The number of aryl methyl sites for hydroxylation is 1. The SMILES string of the molecule is O=C(NC1(C(F)(F)F)C(=O)Nc2c1c(=O)[nH]c(=O)n2CCc1ccccc1)c1ccc(Cl)cc1Cl. The molecule has 2 aromatic carbocycles. The lowest BCUT2D eigenvalue weighted by atomic mass is 9.91. The number of hydrogen-bond acceptors (Lipinski definition) is 4. The lowest BCUT2D eigenvalue weighted by Crippen LogP contribution is -2.62. The van der Waals surface area contributed by atoms with Crippen molar-refractivity contribution >= 4 is 40.8 Å². The molecule has 4 rings (SSSR count). The Morgan fingerprint density at radius 3 is 2.37 bits per heavy atom. The number of halogens is 5. The smallest absolute Gasteiger partial charge is 0.326 e. The van der Waals surface area contributed by atoms with Crippen LogP contribution in [0.2, 0.25) is 10.0 Å². The molecule has 1 aromatic heterocycles. The van der Waals surface area contributed by atoms with Crippen LogP contribution in [-0.4, -0.2) is 27.5 Å². The van der Waals surface area contributed by atoms with E-state index in [9.17, 15) is 32.3 Å². The molecule has 0 aliphatic carbocycles. The fourth-order valence-electron chi connectivity index (χ4n) is 3.83. The fourth-order valence-corrected chi connectivity index (χ4v) is 4.33. The van der Waals surface area contributed by atoms with E-state index in [4.69, 9.17) is 23.2 Å². The lowest BCUT2D eigenvalue weighted by Gasteiger charge is -2.30. The van der Waals surface area contributed by atoms with Crippen molar-refractivity contribution in [2.24, 2.45) is 0 Å². The average molecular weight is 527 g/mol. The van der Waals surface area contributed by atoms with Gasteiger partial charge >= 0.3 is 11.9 Å². The number of carbonyl (C=O) groups is 2. The lowest BCUT2D eigenvalue weighted by molar-refractivity contribution is -0.196. The van der Waals surface area contributed by atoms with E-state index in [0.717, 1.165) is 22.3 Å². The van der Waals surface area contributed by atoms with Gasteiger partial charge in [-0.25, -0.2) is 4.79 Å². The number of aromatic nitrogens is 2. The summed E-state index contributed by atoms with van der Waals surface area (Å²) in [5, 5.41) is 3.47. The fraction of sp³-hybridized carbons (Fsp3) is 0.182. The molecule has 3 aromatic rings. The quantitative estimate of drug-likeness (QED) is 0.473. The number of carbonyl (C=O) groups excluding carboxylic acids is 2. The third-order valence-corrected chi connectivity index (χ3v) is 6.06. The maximum atomic E-state index is 14.5. The van der Waals surface area contributed by atoms with Crippen LogP contribution in [0.3, 0.4) is 0 Å². The summed E-state index contributed by atoms with van der Waals surface area (Å²) in [6.07, 6.45) is -5.26. The molecule has 0 spiro atoms. The van der Waals surface area contributed by atoms with Gasteiger partial charge in [0.2, 0.25) is 0 Å². The predicted octanol–water partition coefficient (Wildman–Crippen LogP) is 3.23. The zero-order chi connectivity index (χ0) is 25.5. The highest BCUT2D eigenvalue weighted by Gasteiger charge is 2.68. The van der Waals surface area contributed by atoms with Gasteiger partial charge in [0.1, 0.15) is 11.4 Å². The second-order valence-corrected chi connectivity index (χ2v) is 8.49. The summed E-state index contributed by atoms with van der Waals surface area (Å²) in [7, 11) is 0. The number of nitrogens with one attached hydrogen (secondary N) is 3. The van der Waals surface area contributed by atoms with E-state index in [1.807, 2.05) is 10.3 Å². The molecule has 3 N–H and O–H groups in total. The number of hydrogen-bond donors (Lipinski definition) is 3. The summed E-state index contributed by atoms with van der Waals surface area (Å²) in [6.45, 7) is -0.160. The molecule has 35 heavy (non-hydrogen) atoms. The molecule has 2 heterocycles. The zero-order valence-corrected chi connectivity index (χ0v) is 19.0. The molecule has 0 bridgehead atoms. The van der Waals surface area contributed by atoms with Gasteiger partial charge in [-0.1, -0.05) is 53.5 Å². The van der Waals surface area contributed by atoms with Crippen molar-refractivity contribution in [2.45, 2.75) is 24.7 Å². The van der Waals surface area contributed by atoms with E-state index in [1.54, 1.807) is 35.6 Å². The van der Waals surface area contributed by atoms with Gasteiger partial charge in [0.15, 0.2) is 0 Å². The molecule has 182 valence electrons. The van der Waals surface area contributed by atoms with Gasteiger partial charge in [0.05, 0.1) is 10.6 Å². The number of aromatic amines is 1. The summed E-state index contributed by atoms with van der Waals surface area (Å²) in [5.74, 6) is -3.78. The molecular formula is C22H15Cl2F3N4O4. The normalized spacial score (nSPS) is 17.1. The highest BCUT2D eigenvalue weighted by molar-refractivity contribution is 6.36. The topological polar surface area (TPSA) is 113 Å². The Morgan fingerprint density at radius 2 is 1.74 bits per heavy atom. The Balaban J connectivity index is 1.84. The Morgan fingerprint density at radius 1 is 1.06 bits per heavy atom. The molecule has 0 radical (unpaired) electrons. The van der Waals surface area contributed by atoms with E-state index in [1.165, 1.54) is 6.07 Å². The third kappa shape index (κ3) is 4.21. The van der Waals surface area contributed by atoms with Crippen LogP contribution >= 0.6 is 23.2 Å². The minimum atomic E-state index is -5.47. The number of alkyl halides is 3. The first-order valence-electron chi connectivity index (χ1n) is 10.0. The number of anilines is 1. The van der Waals surface area contributed by atoms with E-state index < -0.39 is 51.7 Å². The highest BCUT2D eigenvalue weighted by atomic mass is 35.5. The maximum Gasteiger partial charge on any atom is 0.425 e. The minimum absolute atomic E-state index is 0.125. The van der Waals surface area contributed by atoms with E-state index >= 15 is 0 Å². The first kappa shape index (κ1) is 24.6. The number of nitrogens with zero attached hydrogens (tertiary/aromatic N) is 1. The van der Waals surface area contributed by atoms with Crippen molar-refractivity contribution in [3.8, 4) is 0 Å². The van der Waals surface area contributed by atoms with Crippen molar-refractivity contribution in [1.82, 2.24) is 14.9 Å². The standard InChI is InChI=1S/C22H15Cl2F3N4O4/c23-12-6-7-13(14(24)10-12)17(32)30-21(22(25,26)27)15-16(28-19(21)34)31(20(35)29-18(15)33)9-8-11-4-2-1-3-5-11/h1-7,10H,8-9H2,(H,28,34)(H,30,32)(H,29,33,35). The number of amides is 2. The van der Waals surface area contributed by atoms with Crippen LogP contribution in [0.4, 0.5) is 19.0 Å². The first-order chi connectivity index (χ1) is 16.5. The predicted molar refractivity (Wildman–Crippen MR) is 122 cm³/mol. The summed E-state index contributed by atoms with van der Waals surface area (Å²) < 4.78 is 44.3. The van der Waals surface area contributed by atoms with Gasteiger partial charge < -0.3 is 10.6 Å². The van der Waals surface area contributed by atoms with Gasteiger partial charge in [-0.05, 0) is 30.2 Å². The van der Waals surface area contributed by atoms with Crippen molar-refractivity contribution in [3.63, 3.8) is 0 Å². The first-order valence-corrected chi connectivity index (χ1v) is 10.8. The highest BCUT2D eigenvalue weighted by Crippen LogP contribution is 2.45. The van der Waals surface area contributed by atoms with Crippen LogP contribution in [0.1, 0.15) is 21.5 Å². The van der Waals surface area contributed by atoms with Crippen LogP contribution < -0.4 is 21.9 Å². The van der Waals surface area contributed by atoms with Gasteiger partial charge in [0.25, 0.3) is 22.9 Å². The van der Waals surface area contributed by atoms with Crippen LogP contribution in [0.25, 0.3) is 0 Å². The van der Waals surface area contributed by atoms with E-state index in [-0.39, 0.29) is 23.0 Å². The zero-order valence-electron chi connectivity index (χ0n) is 17.5. The number of rotatable bonds is 5. The van der Waals surface area contributed by atoms with Crippen molar-refractivity contribution < 1.29 is 22.8 Å². The summed E-state index contributed by atoms with van der Waals surface area (Å²) >= 11 is 11.7. The Bertz CT molecular complexity index is 1450. The maximum absolute atomic E-state index is 14.5. The van der Waals surface area contributed by atoms with Crippen molar-refractivity contribution in [1.29, 1.82) is 0 Å². The van der Waals surface area contributed by atoms with Crippen molar-refractivity contribution in [3.05, 3.63) is 96.1 Å². The Kier molecular flexibility index (Phi) is 6.24. The number of fused-ring (bicyclic) bond motifs is 1. The summed E-state index contributed by atoms with van der Waals surface area (Å²) in [5.41, 5.74) is -7.07. The molecule has 1 unspecified atom stereocenters. The van der Waals surface area contributed by atoms with Gasteiger partial charge in [-0.2, -0.15) is 13.2 Å². The van der Waals surface area contributed by atoms with Crippen LogP contribution in [0, 0.1) is 0 Å². The average Bonchev–Trinajstić information content (AvgIpc) is 3.07. The summed E-state index contributed by atoms with van der Waals surface area (Å²) in [4.78, 5) is 52.6. The minimum Gasteiger partial charge on any atom is -0.326 e. The molecule has 2 amide bonds. The van der Waals surface area contributed by atoms with E-state index in [2.05, 4.69) is 0 Å². The second-order valence-electron chi connectivity index (χ2n) is 7.65. The largest absolute Gasteiger partial charge is 0.425 e. The molecule has 1 atom stereocenters. The molecule has 0 saturated heterocycles. The molecule has 0 saturated carbocycles. The summed E-state index contributed by atoms with van der Waals surface area (Å²) in [6, 6.07) is 12.2. The van der Waals surface area contributed by atoms with Gasteiger partial charge in [-0.3, -0.25) is 23.9 Å². The van der Waals surface area contributed by atoms with E-state index in [0.29, 0.717) is 0 Å². The Labute approximate surface area is 204 Å². The molecule has 1 aliphatic heterocycles. The van der Waals surface area contributed by atoms with Crippen molar-refractivity contribution in [2.75, 3.05) is 5.32 Å². The van der Waals surface area contributed by atoms with Gasteiger partial charge in [0, 0.05) is 11.6 Å². The molecule has 13 heteroatoms. The third-order valence-electron chi connectivity index (χ3n) is 5.52. The molecular weight excluding hydrogens is 512 g/mol. The number of benzene rings is 2. The monoisotopic (exact) mass is 526 g/mol.